The minimum atomic E-state index is -0.570. The maximum absolute atomic E-state index is 12.9. The van der Waals surface area contributed by atoms with Crippen LogP contribution in [0.2, 0.25) is 0 Å². The molecule has 1 fully saturated rings. The Balaban J connectivity index is 1.89. The molecule has 0 bridgehead atoms. The van der Waals surface area contributed by atoms with Crippen molar-refractivity contribution >= 4 is 16.8 Å². The second-order valence-electron chi connectivity index (χ2n) is 8.32. The van der Waals surface area contributed by atoms with Crippen molar-refractivity contribution < 1.29 is 9.90 Å². The summed E-state index contributed by atoms with van der Waals surface area (Å²) >= 11 is 0. The average Bonchev–Trinajstić information content (AvgIpc) is 2.59. The van der Waals surface area contributed by atoms with Crippen LogP contribution in [0.4, 0.5) is 0 Å². The molecule has 0 aliphatic carbocycles. The highest BCUT2D eigenvalue weighted by Crippen LogP contribution is 2.34. The zero-order valence-corrected chi connectivity index (χ0v) is 16.3. The normalized spacial score (nSPS) is 20.9. The van der Waals surface area contributed by atoms with Crippen LogP contribution in [0.25, 0.3) is 10.9 Å². The minimum Gasteiger partial charge on any atom is -0.391 e. The van der Waals surface area contributed by atoms with Gasteiger partial charge in [-0.3, -0.25) is 14.2 Å². The molecule has 2 N–H and O–H groups in total. The number of carbonyl (C=O) groups excluding carboxylic acids is 1. The molecule has 0 saturated carbocycles. The van der Waals surface area contributed by atoms with Crippen molar-refractivity contribution in [3.05, 3.63) is 44.6 Å². The van der Waals surface area contributed by atoms with Crippen molar-refractivity contribution in [2.45, 2.75) is 46.8 Å². The molecule has 0 radical (unpaired) electrons. The van der Waals surface area contributed by atoms with E-state index < -0.39 is 11.8 Å². The summed E-state index contributed by atoms with van der Waals surface area (Å²) < 4.78 is 1.12. The van der Waals surface area contributed by atoms with E-state index in [4.69, 9.17) is 0 Å². The lowest BCUT2D eigenvalue weighted by Gasteiger charge is -2.42. The highest BCUT2D eigenvalue weighted by molar-refractivity contribution is 5.97. The number of nitrogens with one attached hydrogen (secondary N) is 1. The number of amides is 1. The van der Waals surface area contributed by atoms with Gasteiger partial charge in [-0.05, 0) is 42.9 Å². The zero-order chi connectivity index (χ0) is 19.9. The van der Waals surface area contributed by atoms with E-state index in [9.17, 15) is 19.5 Å². The zero-order valence-electron chi connectivity index (χ0n) is 16.3. The summed E-state index contributed by atoms with van der Waals surface area (Å²) in [6, 6.07) is 4.72. The molecule has 27 heavy (non-hydrogen) atoms. The molecule has 7 nitrogen and oxygen atoms in total. The van der Waals surface area contributed by atoms with Gasteiger partial charge >= 0.3 is 5.69 Å². The topological polar surface area (TPSA) is 95.4 Å². The van der Waals surface area contributed by atoms with Gasteiger partial charge in [-0.2, -0.15) is 0 Å². The van der Waals surface area contributed by atoms with Crippen LogP contribution in [-0.2, 0) is 6.54 Å². The molecule has 3 rings (SSSR count). The molecule has 1 aliphatic heterocycles. The van der Waals surface area contributed by atoms with Gasteiger partial charge in [-0.1, -0.05) is 20.8 Å². The number of hydrogen-bond donors (Lipinski definition) is 2. The quantitative estimate of drug-likeness (QED) is 0.835. The number of piperidine rings is 1. The number of nitrogens with zero attached hydrogens (tertiary/aromatic N) is 2. The number of aliphatic hydroxyl groups excluding tert-OH is 1. The van der Waals surface area contributed by atoms with Crippen LogP contribution in [0.15, 0.2) is 27.8 Å². The first-order valence-electron chi connectivity index (χ1n) is 9.37. The Kier molecular flexibility index (Phi) is 4.99. The van der Waals surface area contributed by atoms with Gasteiger partial charge in [0.2, 0.25) is 0 Å². The summed E-state index contributed by atoms with van der Waals surface area (Å²) in [6.07, 6.45) is 0.168. The molecular weight excluding hydrogens is 346 g/mol. The molecule has 1 amide bonds. The van der Waals surface area contributed by atoms with Crippen molar-refractivity contribution in [2.75, 3.05) is 13.1 Å². The number of benzene rings is 1. The molecule has 1 aromatic carbocycles. The van der Waals surface area contributed by atoms with Gasteiger partial charge in [0, 0.05) is 25.2 Å². The number of aromatic amines is 1. The summed E-state index contributed by atoms with van der Waals surface area (Å²) in [5.41, 5.74) is -0.118. The van der Waals surface area contributed by atoms with Gasteiger partial charge in [0.15, 0.2) is 0 Å². The van der Waals surface area contributed by atoms with E-state index in [-0.39, 0.29) is 35.9 Å². The van der Waals surface area contributed by atoms with E-state index in [2.05, 4.69) is 25.8 Å². The molecule has 1 aliphatic rings. The number of aliphatic hydroxyl groups is 1. The predicted octanol–water partition coefficient (Wildman–Crippen LogP) is 1.58. The summed E-state index contributed by atoms with van der Waals surface area (Å²) in [6.45, 7) is 9.16. The number of β-amino-alcohol motifs (C(OH)–C–C–N with tert-alkyl or cyclic N) is 1. The van der Waals surface area contributed by atoms with Crippen molar-refractivity contribution in [3.8, 4) is 0 Å². The Labute approximate surface area is 157 Å². The Morgan fingerprint density at radius 2 is 2.00 bits per heavy atom. The van der Waals surface area contributed by atoms with E-state index in [0.717, 1.165) is 11.0 Å². The highest BCUT2D eigenvalue weighted by atomic mass is 16.3. The second kappa shape index (κ2) is 6.96. The SMILES string of the molecule is CCn1c(=O)[nH]c2cc(C(=O)N3CC[C@H](C(C)(C)C)[C@@H](O)C3)ccc2c1=O. The fraction of sp³-hybridized carbons (Fsp3) is 0.550. The average molecular weight is 373 g/mol. The number of fused-ring (bicyclic) bond motifs is 1. The molecule has 2 atom stereocenters. The number of likely N-dealkylation sites (tertiary alicyclic amines) is 1. The first-order valence-corrected chi connectivity index (χ1v) is 9.37. The maximum atomic E-state index is 12.9. The lowest BCUT2D eigenvalue weighted by molar-refractivity contribution is -0.0188. The van der Waals surface area contributed by atoms with Crippen molar-refractivity contribution in [1.29, 1.82) is 0 Å². The fourth-order valence-corrected chi connectivity index (χ4v) is 3.98. The summed E-state index contributed by atoms with van der Waals surface area (Å²) in [7, 11) is 0. The fourth-order valence-electron chi connectivity index (χ4n) is 3.98. The van der Waals surface area contributed by atoms with E-state index in [1.54, 1.807) is 30.0 Å². The monoisotopic (exact) mass is 373 g/mol. The molecule has 2 aromatic rings. The maximum Gasteiger partial charge on any atom is 0.328 e. The van der Waals surface area contributed by atoms with Crippen LogP contribution in [0, 0.1) is 11.3 Å². The number of H-pyrrole nitrogens is 1. The largest absolute Gasteiger partial charge is 0.391 e. The molecule has 146 valence electrons. The van der Waals surface area contributed by atoms with Crippen LogP contribution in [0.3, 0.4) is 0 Å². The van der Waals surface area contributed by atoms with Crippen molar-refractivity contribution in [1.82, 2.24) is 14.5 Å². The van der Waals surface area contributed by atoms with Gasteiger partial charge in [0.1, 0.15) is 0 Å². The van der Waals surface area contributed by atoms with Crippen molar-refractivity contribution in [3.63, 3.8) is 0 Å². The Morgan fingerprint density at radius 3 is 2.59 bits per heavy atom. The number of hydrogen-bond acceptors (Lipinski definition) is 4. The molecule has 1 aromatic heterocycles. The minimum absolute atomic E-state index is 0.0177. The van der Waals surface area contributed by atoms with E-state index >= 15 is 0 Å². The first kappa shape index (κ1) is 19.4. The first-order chi connectivity index (χ1) is 12.6. The summed E-state index contributed by atoms with van der Waals surface area (Å²) in [5, 5.41) is 10.9. The standard InChI is InChI=1S/C20H27N3O4/c1-5-23-18(26)13-7-6-12(10-15(13)21-19(23)27)17(25)22-9-8-14(16(24)11-22)20(2,3)4/h6-7,10,14,16,24H,5,8-9,11H2,1-4H3,(H,21,27)/t14-,16-/m0/s1. The van der Waals surface area contributed by atoms with E-state index in [1.807, 2.05) is 0 Å². The van der Waals surface area contributed by atoms with E-state index in [0.29, 0.717) is 23.0 Å². The van der Waals surface area contributed by atoms with Gasteiger partial charge in [-0.25, -0.2) is 4.79 Å². The predicted molar refractivity (Wildman–Crippen MR) is 104 cm³/mol. The molecule has 1 saturated heterocycles. The highest BCUT2D eigenvalue weighted by Gasteiger charge is 2.37. The third-order valence-corrected chi connectivity index (χ3v) is 5.53. The van der Waals surface area contributed by atoms with Gasteiger partial charge in [0.05, 0.1) is 17.0 Å². The van der Waals surface area contributed by atoms with Gasteiger partial charge in [0.25, 0.3) is 11.5 Å². The lowest BCUT2D eigenvalue weighted by atomic mass is 9.73. The third-order valence-electron chi connectivity index (χ3n) is 5.53. The molecule has 7 heteroatoms. The Bertz CT molecular complexity index is 983. The Morgan fingerprint density at radius 1 is 1.30 bits per heavy atom. The number of aromatic nitrogens is 2. The molecule has 0 unspecified atom stereocenters. The molecular formula is C20H27N3O4. The van der Waals surface area contributed by atoms with Gasteiger partial charge in [-0.15, -0.1) is 0 Å². The molecule has 0 spiro atoms. The smallest absolute Gasteiger partial charge is 0.328 e. The van der Waals surface area contributed by atoms with Crippen LogP contribution in [0.1, 0.15) is 44.5 Å². The number of rotatable bonds is 2. The lowest BCUT2D eigenvalue weighted by Crippen LogP contribution is -2.50. The number of carbonyl (C=O) groups is 1. The van der Waals surface area contributed by atoms with Gasteiger partial charge < -0.3 is 15.0 Å². The van der Waals surface area contributed by atoms with Crippen LogP contribution >= 0.6 is 0 Å². The Hall–Kier alpha value is -2.41. The summed E-state index contributed by atoms with van der Waals surface area (Å²) in [4.78, 5) is 41.6. The van der Waals surface area contributed by atoms with E-state index in [1.165, 1.54) is 0 Å². The van der Waals surface area contributed by atoms with Crippen LogP contribution in [-0.4, -0.2) is 44.7 Å². The van der Waals surface area contributed by atoms with Crippen LogP contribution < -0.4 is 11.2 Å². The summed E-state index contributed by atoms with van der Waals surface area (Å²) in [5.74, 6) is -0.0640. The third kappa shape index (κ3) is 3.56. The van der Waals surface area contributed by atoms with Crippen LogP contribution in [0.5, 0.6) is 0 Å². The second-order valence-corrected chi connectivity index (χ2v) is 8.32. The van der Waals surface area contributed by atoms with Crippen molar-refractivity contribution in [2.24, 2.45) is 11.3 Å². The molecule has 2 heterocycles.